The van der Waals surface area contributed by atoms with Gasteiger partial charge in [0.05, 0.1) is 0 Å². The molecule has 110 valence electrons. The van der Waals surface area contributed by atoms with Crippen molar-refractivity contribution >= 4 is 11.8 Å². The molecule has 0 spiro atoms. The third kappa shape index (κ3) is 3.70. The number of carboxylic acids is 1. The minimum atomic E-state index is -0.919. The van der Waals surface area contributed by atoms with E-state index in [-0.39, 0.29) is 5.56 Å². The number of hydrogen-bond donors (Lipinski definition) is 1. The fourth-order valence-electron chi connectivity index (χ4n) is 2.58. The van der Waals surface area contributed by atoms with Crippen LogP contribution in [0, 0.1) is 6.92 Å². The quantitative estimate of drug-likeness (QED) is 0.892. The first-order chi connectivity index (χ1) is 9.58. The van der Waals surface area contributed by atoms with Crippen LogP contribution in [0.4, 0.5) is 5.82 Å². The summed E-state index contributed by atoms with van der Waals surface area (Å²) < 4.78 is 0. The lowest BCUT2D eigenvalue weighted by atomic mass is 10.1. The number of hydrogen-bond acceptors (Lipinski definition) is 4. The van der Waals surface area contributed by atoms with Crippen molar-refractivity contribution in [3.05, 3.63) is 23.4 Å². The molecule has 2 heterocycles. The number of aryl methyl sites for hydroxylation is 1. The molecule has 1 aromatic heterocycles. The molecule has 0 aromatic carbocycles. The molecule has 5 nitrogen and oxygen atoms in total. The summed E-state index contributed by atoms with van der Waals surface area (Å²) in [7, 11) is 1.91. The molecule has 0 saturated carbocycles. The fourth-order valence-corrected chi connectivity index (χ4v) is 2.58. The minimum absolute atomic E-state index is 0.275. The van der Waals surface area contributed by atoms with Gasteiger partial charge in [0.25, 0.3) is 0 Å². The molecule has 1 aliphatic rings. The predicted octanol–water partition coefficient (Wildman–Crippen LogP) is 2.01. The molecule has 0 amide bonds. The van der Waals surface area contributed by atoms with Crippen molar-refractivity contribution in [2.24, 2.45) is 0 Å². The first kappa shape index (κ1) is 14.8. The average molecular weight is 277 g/mol. The van der Waals surface area contributed by atoms with Crippen molar-refractivity contribution < 1.29 is 9.90 Å². The molecule has 20 heavy (non-hydrogen) atoms. The summed E-state index contributed by atoms with van der Waals surface area (Å²) >= 11 is 0. The van der Waals surface area contributed by atoms with Gasteiger partial charge in [-0.25, -0.2) is 9.78 Å². The number of carbonyl (C=O) groups is 1. The summed E-state index contributed by atoms with van der Waals surface area (Å²) in [6, 6.07) is 3.38. The van der Waals surface area contributed by atoms with E-state index in [1.165, 1.54) is 19.3 Å². The second kappa shape index (κ2) is 6.70. The van der Waals surface area contributed by atoms with Crippen LogP contribution >= 0.6 is 0 Å². The second-order valence-electron chi connectivity index (χ2n) is 5.45. The van der Waals surface area contributed by atoms with E-state index >= 15 is 0 Å². The molecule has 5 heteroatoms. The van der Waals surface area contributed by atoms with Gasteiger partial charge in [0.1, 0.15) is 11.4 Å². The second-order valence-corrected chi connectivity index (χ2v) is 5.45. The van der Waals surface area contributed by atoms with Crippen LogP contribution in [0.1, 0.15) is 35.3 Å². The van der Waals surface area contributed by atoms with Crippen LogP contribution in [0.15, 0.2) is 12.1 Å². The van der Waals surface area contributed by atoms with Crippen LogP contribution < -0.4 is 4.90 Å². The van der Waals surface area contributed by atoms with E-state index in [0.29, 0.717) is 5.82 Å². The van der Waals surface area contributed by atoms with E-state index in [1.807, 2.05) is 18.9 Å². The zero-order valence-electron chi connectivity index (χ0n) is 12.3. The number of aromatic nitrogens is 1. The third-order valence-corrected chi connectivity index (χ3v) is 3.81. The lowest BCUT2D eigenvalue weighted by molar-refractivity contribution is 0.0697. The van der Waals surface area contributed by atoms with Gasteiger partial charge in [-0.05, 0) is 45.0 Å². The summed E-state index contributed by atoms with van der Waals surface area (Å²) in [5.74, 6) is -0.355. The van der Waals surface area contributed by atoms with Gasteiger partial charge >= 0.3 is 5.97 Å². The summed E-state index contributed by atoms with van der Waals surface area (Å²) in [4.78, 5) is 20.0. The molecule has 2 rings (SSSR count). The van der Waals surface area contributed by atoms with Crippen molar-refractivity contribution in [3.8, 4) is 0 Å². The maximum absolute atomic E-state index is 11.3. The van der Waals surface area contributed by atoms with Crippen LogP contribution in [0.5, 0.6) is 0 Å². The Morgan fingerprint density at radius 3 is 2.70 bits per heavy atom. The molecule has 1 fully saturated rings. The van der Waals surface area contributed by atoms with Crippen molar-refractivity contribution in [2.75, 3.05) is 38.1 Å². The molecule has 0 bridgehead atoms. The number of carboxylic acid groups (broad SMARTS) is 1. The molecule has 0 unspecified atom stereocenters. The van der Waals surface area contributed by atoms with Gasteiger partial charge in [-0.3, -0.25) is 0 Å². The van der Waals surface area contributed by atoms with E-state index < -0.39 is 5.97 Å². The highest BCUT2D eigenvalue weighted by molar-refractivity contribution is 5.93. The Morgan fingerprint density at radius 2 is 2.05 bits per heavy atom. The monoisotopic (exact) mass is 277 g/mol. The minimum Gasteiger partial charge on any atom is -0.478 e. The summed E-state index contributed by atoms with van der Waals surface area (Å²) in [6.07, 6.45) is 3.87. The average Bonchev–Trinajstić information content (AvgIpc) is 2.45. The van der Waals surface area contributed by atoms with Gasteiger partial charge in [0.2, 0.25) is 0 Å². The first-order valence-electron chi connectivity index (χ1n) is 7.22. The number of aromatic carboxylic acids is 1. The van der Waals surface area contributed by atoms with Gasteiger partial charge < -0.3 is 14.9 Å². The summed E-state index contributed by atoms with van der Waals surface area (Å²) in [5.41, 5.74) is 1.12. The number of pyridine rings is 1. The van der Waals surface area contributed by atoms with Gasteiger partial charge in [0.15, 0.2) is 0 Å². The Hall–Kier alpha value is -1.62. The number of piperidine rings is 1. The van der Waals surface area contributed by atoms with Crippen LogP contribution in [0.25, 0.3) is 0 Å². The highest BCUT2D eigenvalue weighted by atomic mass is 16.4. The molecule has 1 saturated heterocycles. The molecular weight excluding hydrogens is 254 g/mol. The van der Waals surface area contributed by atoms with E-state index in [2.05, 4.69) is 9.88 Å². The normalized spacial score (nSPS) is 16.1. The Labute approximate surface area is 120 Å². The largest absolute Gasteiger partial charge is 0.478 e. The molecule has 0 radical (unpaired) electrons. The zero-order chi connectivity index (χ0) is 14.5. The Morgan fingerprint density at radius 1 is 1.35 bits per heavy atom. The number of likely N-dealkylation sites (N-methyl/N-ethyl adjacent to an activating group) is 1. The molecule has 0 aliphatic carbocycles. The van der Waals surface area contributed by atoms with E-state index in [0.717, 1.165) is 31.9 Å². The molecule has 0 atom stereocenters. The number of nitrogens with zero attached hydrogens (tertiary/aromatic N) is 3. The van der Waals surface area contributed by atoms with E-state index in [4.69, 9.17) is 0 Å². The SMILES string of the molecule is Cc1ccc(C(=O)O)c(N(C)CCN2CCCCC2)n1. The van der Waals surface area contributed by atoms with Crippen LogP contribution in [-0.4, -0.2) is 54.2 Å². The van der Waals surface area contributed by atoms with Crippen molar-refractivity contribution in [1.29, 1.82) is 0 Å². The Kier molecular flexibility index (Phi) is 4.95. The molecule has 1 N–H and O–H groups in total. The lowest BCUT2D eigenvalue weighted by Crippen LogP contribution is -2.37. The number of anilines is 1. The maximum Gasteiger partial charge on any atom is 0.339 e. The Bertz CT molecular complexity index is 470. The molecule has 1 aliphatic heterocycles. The summed E-state index contributed by atoms with van der Waals surface area (Å²) in [5, 5.41) is 9.25. The van der Waals surface area contributed by atoms with Crippen LogP contribution in [-0.2, 0) is 0 Å². The fraction of sp³-hybridized carbons (Fsp3) is 0.600. The van der Waals surface area contributed by atoms with Crippen molar-refractivity contribution in [1.82, 2.24) is 9.88 Å². The van der Waals surface area contributed by atoms with Crippen molar-refractivity contribution in [3.63, 3.8) is 0 Å². The van der Waals surface area contributed by atoms with Crippen molar-refractivity contribution in [2.45, 2.75) is 26.2 Å². The standard InChI is InChI=1S/C15H23N3O2/c1-12-6-7-13(15(19)20)14(16-12)17(2)10-11-18-8-4-3-5-9-18/h6-7H,3-5,8-11H2,1-2H3,(H,19,20). The van der Waals surface area contributed by atoms with Crippen LogP contribution in [0.3, 0.4) is 0 Å². The Balaban J connectivity index is 2.02. The topological polar surface area (TPSA) is 56.7 Å². The van der Waals surface area contributed by atoms with Gasteiger partial charge in [-0.15, -0.1) is 0 Å². The number of likely N-dealkylation sites (tertiary alicyclic amines) is 1. The first-order valence-corrected chi connectivity index (χ1v) is 7.22. The lowest BCUT2D eigenvalue weighted by Gasteiger charge is -2.29. The number of rotatable bonds is 5. The van der Waals surface area contributed by atoms with Crippen LogP contribution in [0.2, 0.25) is 0 Å². The molecule has 1 aromatic rings. The highest BCUT2D eigenvalue weighted by Crippen LogP contribution is 2.17. The summed E-state index contributed by atoms with van der Waals surface area (Å²) in [6.45, 7) is 5.96. The maximum atomic E-state index is 11.3. The molecular formula is C15H23N3O2. The van der Waals surface area contributed by atoms with E-state index in [9.17, 15) is 9.90 Å². The third-order valence-electron chi connectivity index (χ3n) is 3.81. The van der Waals surface area contributed by atoms with E-state index in [1.54, 1.807) is 12.1 Å². The smallest absolute Gasteiger partial charge is 0.339 e. The van der Waals surface area contributed by atoms with Gasteiger partial charge in [-0.1, -0.05) is 6.42 Å². The zero-order valence-corrected chi connectivity index (χ0v) is 12.3. The predicted molar refractivity (Wildman–Crippen MR) is 79.5 cm³/mol. The van der Waals surface area contributed by atoms with Gasteiger partial charge in [-0.2, -0.15) is 0 Å². The highest BCUT2D eigenvalue weighted by Gasteiger charge is 2.16. The van der Waals surface area contributed by atoms with Gasteiger partial charge in [0, 0.05) is 25.8 Å².